The van der Waals surface area contributed by atoms with Gasteiger partial charge in [-0.3, -0.25) is 0 Å². The molecule has 1 aromatic heterocycles. The number of nitrogens with one attached hydrogen (secondary N) is 1. The number of nitrogens with zero attached hydrogens (tertiary/aromatic N) is 1. The zero-order valence-corrected chi connectivity index (χ0v) is 12.5. The summed E-state index contributed by atoms with van der Waals surface area (Å²) in [4.78, 5) is 0. The lowest BCUT2D eigenvalue weighted by atomic mass is 9.64. The van der Waals surface area contributed by atoms with E-state index in [4.69, 9.17) is 0 Å². The first-order valence-corrected chi connectivity index (χ1v) is 8.17. The number of thiophene rings is 1. The number of hydrogen-bond acceptors (Lipinski definition) is 3. The second-order valence-corrected chi connectivity index (χ2v) is 6.77. The molecule has 2 aromatic rings. The van der Waals surface area contributed by atoms with Gasteiger partial charge in [0, 0.05) is 23.7 Å². The molecule has 2 atom stereocenters. The van der Waals surface area contributed by atoms with Gasteiger partial charge in [0.15, 0.2) is 0 Å². The Morgan fingerprint density at radius 2 is 2.29 bits per heavy atom. The van der Waals surface area contributed by atoms with E-state index in [-0.39, 0.29) is 0 Å². The highest BCUT2D eigenvalue weighted by molar-refractivity contribution is 7.17. The molecule has 104 valence electrons. The third-order valence-corrected chi connectivity index (χ3v) is 5.66. The predicted molar refractivity (Wildman–Crippen MR) is 87.3 cm³/mol. The highest BCUT2D eigenvalue weighted by Crippen LogP contribution is 2.43. The third-order valence-electron chi connectivity index (χ3n) is 4.76. The van der Waals surface area contributed by atoms with Crippen molar-refractivity contribution in [2.24, 2.45) is 5.92 Å². The number of nitriles is 1. The van der Waals surface area contributed by atoms with E-state index in [0.717, 1.165) is 25.1 Å². The van der Waals surface area contributed by atoms with E-state index in [0.29, 0.717) is 5.92 Å². The van der Waals surface area contributed by atoms with E-state index in [9.17, 15) is 5.26 Å². The zero-order valence-electron chi connectivity index (χ0n) is 11.7. The van der Waals surface area contributed by atoms with Gasteiger partial charge in [0.2, 0.25) is 0 Å². The van der Waals surface area contributed by atoms with E-state index in [2.05, 4.69) is 59.3 Å². The second kappa shape index (κ2) is 4.84. The summed E-state index contributed by atoms with van der Waals surface area (Å²) in [5.74, 6) is 0.296. The van der Waals surface area contributed by atoms with Crippen molar-refractivity contribution in [1.29, 1.82) is 5.26 Å². The zero-order chi connectivity index (χ0) is 14.3. The van der Waals surface area contributed by atoms with Crippen molar-refractivity contribution in [3.8, 4) is 6.07 Å². The van der Waals surface area contributed by atoms with E-state index in [1.165, 1.54) is 15.7 Å². The number of fused-ring (bicyclic) bond motifs is 2. The van der Waals surface area contributed by atoms with Crippen molar-refractivity contribution >= 4 is 21.4 Å². The highest BCUT2D eigenvalue weighted by atomic mass is 32.1. The fraction of sp³-hybridized carbons (Fsp3) is 0.278. The summed E-state index contributed by atoms with van der Waals surface area (Å²) in [6.45, 7) is 1.63. The Labute approximate surface area is 128 Å². The van der Waals surface area contributed by atoms with Gasteiger partial charge in [0.1, 0.15) is 5.41 Å². The number of rotatable bonds is 1. The van der Waals surface area contributed by atoms with Crippen LogP contribution >= 0.6 is 11.3 Å². The van der Waals surface area contributed by atoms with Crippen LogP contribution in [0.3, 0.4) is 0 Å². The molecule has 21 heavy (non-hydrogen) atoms. The lowest BCUT2D eigenvalue weighted by molar-refractivity contribution is 0.326. The van der Waals surface area contributed by atoms with E-state index >= 15 is 0 Å². The largest absolute Gasteiger partial charge is 0.311 e. The molecule has 0 radical (unpaired) electrons. The van der Waals surface area contributed by atoms with E-state index in [1.807, 2.05) is 0 Å². The smallest absolute Gasteiger partial charge is 0.101 e. The molecule has 1 aromatic carbocycles. The quantitative estimate of drug-likeness (QED) is 0.868. The molecule has 2 unspecified atom stereocenters. The summed E-state index contributed by atoms with van der Waals surface area (Å²) in [6, 6.07) is 11.3. The Bertz CT molecular complexity index is 793. The SMILES string of the molecule is N#CC1(c2ccc3sccc3c2)CNCC2=CC=CCC21. The fourth-order valence-corrected chi connectivity index (χ4v) is 4.40. The summed E-state index contributed by atoms with van der Waals surface area (Å²) < 4.78 is 1.29. The Morgan fingerprint density at radius 1 is 1.33 bits per heavy atom. The number of hydrogen-bond donors (Lipinski definition) is 1. The summed E-state index contributed by atoms with van der Waals surface area (Å²) in [5.41, 5.74) is 2.05. The monoisotopic (exact) mass is 292 g/mol. The molecule has 1 aliphatic heterocycles. The Kier molecular flexibility index (Phi) is 2.95. The second-order valence-electron chi connectivity index (χ2n) is 5.82. The minimum atomic E-state index is -0.453. The summed E-state index contributed by atoms with van der Waals surface area (Å²) in [6.07, 6.45) is 7.44. The van der Waals surface area contributed by atoms with Crippen LogP contribution in [0.15, 0.2) is 53.4 Å². The molecule has 1 saturated heterocycles. The molecule has 1 N–H and O–H groups in total. The van der Waals surface area contributed by atoms with Crippen molar-refractivity contribution < 1.29 is 0 Å². The van der Waals surface area contributed by atoms with Crippen molar-refractivity contribution in [2.75, 3.05) is 13.1 Å². The van der Waals surface area contributed by atoms with Crippen molar-refractivity contribution in [3.05, 3.63) is 59.0 Å². The molecule has 0 bridgehead atoms. The first-order valence-electron chi connectivity index (χ1n) is 7.29. The topological polar surface area (TPSA) is 35.8 Å². The third kappa shape index (κ3) is 1.87. The minimum Gasteiger partial charge on any atom is -0.311 e. The van der Waals surface area contributed by atoms with Crippen LogP contribution in [-0.2, 0) is 5.41 Å². The molecule has 2 heterocycles. The van der Waals surface area contributed by atoms with Gasteiger partial charge in [0.05, 0.1) is 6.07 Å². The van der Waals surface area contributed by atoms with Crippen LogP contribution in [0.5, 0.6) is 0 Å². The van der Waals surface area contributed by atoms with Crippen LogP contribution in [-0.4, -0.2) is 13.1 Å². The van der Waals surface area contributed by atoms with Gasteiger partial charge >= 0.3 is 0 Å². The van der Waals surface area contributed by atoms with E-state index < -0.39 is 5.41 Å². The maximum absolute atomic E-state index is 10.0. The maximum Gasteiger partial charge on any atom is 0.101 e. The van der Waals surface area contributed by atoms with Crippen LogP contribution in [0.4, 0.5) is 0 Å². The van der Waals surface area contributed by atoms with Gasteiger partial charge < -0.3 is 5.32 Å². The van der Waals surface area contributed by atoms with Crippen molar-refractivity contribution in [1.82, 2.24) is 5.32 Å². The van der Waals surface area contributed by atoms with Gasteiger partial charge in [-0.1, -0.05) is 29.9 Å². The average molecular weight is 292 g/mol. The molecular weight excluding hydrogens is 276 g/mol. The summed E-state index contributed by atoms with van der Waals surface area (Å²) in [5, 5.41) is 16.8. The maximum atomic E-state index is 10.0. The molecule has 1 aliphatic carbocycles. The average Bonchev–Trinajstić information content (AvgIpc) is 3.02. The van der Waals surface area contributed by atoms with Gasteiger partial charge in [-0.25, -0.2) is 0 Å². The summed E-state index contributed by atoms with van der Waals surface area (Å²) >= 11 is 1.75. The molecule has 0 saturated carbocycles. The molecule has 2 nitrogen and oxygen atoms in total. The molecular formula is C18H16N2S. The van der Waals surface area contributed by atoms with Gasteiger partial charge in [-0.05, 0) is 40.9 Å². The van der Waals surface area contributed by atoms with Crippen LogP contribution in [0.1, 0.15) is 12.0 Å². The van der Waals surface area contributed by atoms with Crippen molar-refractivity contribution in [3.63, 3.8) is 0 Å². The van der Waals surface area contributed by atoms with Crippen LogP contribution in [0.25, 0.3) is 10.1 Å². The van der Waals surface area contributed by atoms with Crippen molar-refractivity contribution in [2.45, 2.75) is 11.8 Å². The first-order chi connectivity index (χ1) is 10.3. The van der Waals surface area contributed by atoms with Crippen LogP contribution < -0.4 is 5.32 Å². The first kappa shape index (κ1) is 12.8. The molecule has 4 rings (SSSR count). The van der Waals surface area contributed by atoms with Gasteiger partial charge in [0.25, 0.3) is 0 Å². The Balaban J connectivity index is 1.87. The molecule has 0 spiro atoms. The Hall–Kier alpha value is -1.89. The van der Waals surface area contributed by atoms with Gasteiger partial charge in [-0.2, -0.15) is 5.26 Å². The minimum absolute atomic E-state index is 0.296. The number of benzene rings is 1. The molecule has 0 amide bonds. The van der Waals surface area contributed by atoms with E-state index in [1.54, 1.807) is 11.3 Å². The molecule has 2 aliphatic rings. The fourth-order valence-electron chi connectivity index (χ4n) is 3.63. The summed E-state index contributed by atoms with van der Waals surface area (Å²) in [7, 11) is 0. The molecule has 3 heteroatoms. The van der Waals surface area contributed by atoms with Gasteiger partial charge in [-0.15, -0.1) is 11.3 Å². The lowest BCUT2D eigenvalue weighted by Crippen LogP contribution is -2.50. The van der Waals surface area contributed by atoms with Crippen LogP contribution in [0.2, 0.25) is 0 Å². The number of piperidine rings is 1. The van der Waals surface area contributed by atoms with Crippen LogP contribution in [0, 0.1) is 17.2 Å². The Morgan fingerprint density at radius 3 is 3.19 bits per heavy atom. The molecule has 1 fully saturated rings. The lowest BCUT2D eigenvalue weighted by Gasteiger charge is -2.42. The predicted octanol–water partition coefficient (Wildman–Crippen LogP) is 3.77. The highest BCUT2D eigenvalue weighted by Gasteiger charge is 2.44. The standard InChI is InChI=1S/C18H16N2S/c19-11-18(12-20-10-14-3-1-2-4-16(14)18)15-5-6-17-13(9-15)7-8-21-17/h1-3,5-9,16,20H,4,10,12H2. The normalized spacial score (nSPS) is 28.0. The number of allylic oxidation sites excluding steroid dienone is 3.